The number of ether oxygens (including phenoxy) is 1. The number of thiophene rings is 1. The molecule has 3 aromatic heterocycles. The Morgan fingerprint density at radius 3 is 2.56 bits per heavy atom. The monoisotopic (exact) mass is 378 g/mol. The Kier molecular flexibility index (Phi) is 4.31. The number of rotatable bonds is 3. The van der Waals surface area contributed by atoms with Crippen molar-refractivity contribution in [2.45, 2.75) is 45.9 Å². The van der Waals surface area contributed by atoms with Gasteiger partial charge in [-0.1, -0.05) is 11.3 Å². The molecule has 3 unspecified atom stereocenters. The molecule has 134 valence electrons. The SMILES string of the molecule is Cc1nc2sc(C(c3sccc3C)N3CC(C)OC(C)C3)c(O)n2n1. The van der Waals surface area contributed by atoms with E-state index in [4.69, 9.17) is 4.74 Å². The molecule has 0 radical (unpaired) electrons. The normalized spacial score (nSPS) is 23.4. The van der Waals surface area contributed by atoms with E-state index in [0.717, 1.165) is 22.9 Å². The molecule has 25 heavy (non-hydrogen) atoms. The zero-order valence-electron chi connectivity index (χ0n) is 14.8. The van der Waals surface area contributed by atoms with Crippen LogP contribution in [-0.2, 0) is 4.74 Å². The van der Waals surface area contributed by atoms with Crippen LogP contribution < -0.4 is 0 Å². The van der Waals surface area contributed by atoms with Gasteiger partial charge >= 0.3 is 0 Å². The fourth-order valence-corrected chi connectivity index (χ4v) is 5.86. The number of aromatic hydroxyl groups is 1. The molecular formula is C17H22N4O2S2. The molecule has 3 aromatic rings. The first kappa shape index (κ1) is 17.0. The number of hydrogen-bond donors (Lipinski definition) is 1. The Hall–Kier alpha value is -1.48. The lowest BCUT2D eigenvalue weighted by Gasteiger charge is -2.39. The molecule has 4 rings (SSSR count). The molecule has 0 aromatic carbocycles. The number of nitrogens with zero attached hydrogens (tertiary/aromatic N) is 4. The molecule has 0 spiro atoms. The van der Waals surface area contributed by atoms with Gasteiger partial charge in [0, 0.05) is 18.0 Å². The first-order valence-electron chi connectivity index (χ1n) is 8.42. The van der Waals surface area contributed by atoms with Gasteiger partial charge in [-0.3, -0.25) is 4.90 Å². The number of aromatic nitrogens is 3. The highest BCUT2D eigenvalue weighted by molar-refractivity contribution is 7.17. The lowest BCUT2D eigenvalue weighted by molar-refractivity contribution is -0.0761. The molecule has 0 bridgehead atoms. The van der Waals surface area contributed by atoms with Crippen molar-refractivity contribution in [1.82, 2.24) is 19.5 Å². The Morgan fingerprint density at radius 1 is 1.24 bits per heavy atom. The van der Waals surface area contributed by atoms with Gasteiger partial charge in [0.25, 0.3) is 0 Å². The Bertz CT molecular complexity index is 890. The Labute approximate surface area is 154 Å². The predicted octanol–water partition coefficient (Wildman–Crippen LogP) is 3.37. The average Bonchev–Trinajstić information content (AvgIpc) is 3.18. The summed E-state index contributed by atoms with van der Waals surface area (Å²) < 4.78 is 7.47. The number of aryl methyl sites for hydroxylation is 2. The van der Waals surface area contributed by atoms with E-state index in [0.29, 0.717) is 5.82 Å². The van der Waals surface area contributed by atoms with E-state index in [9.17, 15) is 5.11 Å². The minimum atomic E-state index is 0.00241. The maximum absolute atomic E-state index is 10.8. The minimum Gasteiger partial charge on any atom is -0.492 e. The van der Waals surface area contributed by atoms with Crippen molar-refractivity contribution in [2.24, 2.45) is 0 Å². The molecule has 1 N–H and O–H groups in total. The van der Waals surface area contributed by atoms with Gasteiger partial charge in [0.15, 0.2) is 0 Å². The molecule has 8 heteroatoms. The second-order valence-corrected chi connectivity index (χ2v) is 8.68. The fourth-order valence-electron chi connectivity index (χ4n) is 3.57. The molecule has 6 nitrogen and oxygen atoms in total. The number of morpholine rings is 1. The first-order valence-corrected chi connectivity index (χ1v) is 10.1. The first-order chi connectivity index (χ1) is 11.9. The van der Waals surface area contributed by atoms with E-state index in [-0.39, 0.29) is 24.1 Å². The second kappa shape index (κ2) is 6.35. The summed E-state index contributed by atoms with van der Waals surface area (Å²) in [6.07, 6.45) is 0.330. The van der Waals surface area contributed by atoms with Crippen LogP contribution in [0, 0.1) is 13.8 Å². The van der Waals surface area contributed by atoms with Crippen molar-refractivity contribution in [3.8, 4) is 5.88 Å². The van der Waals surface area contributed by atoms with E-state index in [2.05, 4.69) is 47.2 Å². The van der Waals surface area contributed by atoms with Gasteiger partial charge < -0.3 is 9.84 Å². The number of thiazole rings is 1. The van der Waals surface area contributed by atoms with Gasteiger partial charge in [0.2, 0.25) is 10.8 Å². The van der Waals surface area contributed by atoms with Crippen LogP contribution >= 0.6 is 22.7 Å². The van der Waals surface area contributed by atoms with E-state index in [1.54, 1.807) is 15.9 Å². The number of hydrogen-bond acceptors (Lipinski definition) is 7. The summed E-state index contributed by atoms with van der Waals surface area (Å²) >= 11 is 3.26. The van der Waals surface area contributed by atoms with Gasteiger partial charge in [-0.25, -0.2) is 4.98 Å². The topological polar surface area (TPSA) is 62.9 Å². The summed E-state index contributed by atoms with van der Waals surface area (Å²) in [5.74, 6) is 0.871. The van der Waals surface area contributed by atoms with Gasteiger partial charge in [0.1, 0.15) is 5.82 Å². The predicted molar refractivity (Wildman–Crippen MR) is 99.7 cm³/mol. The molecule has 0 amide bonds. The van der Waals surface area contributed by atoms with Crippen LogP contribution in [0.15, 0.2) is 11.4 Å². The maximum Gasteiger partial charge on any atom is 0.230 e. The quantitative estimate of drug-likeness (QED) is 0.757. The van der Waals surface area contributed by atoms with E-state index in [1.807, 2.05) is 6.92 Å². The zero-order chi connectivity index (χ0) is 17.7. The Balaban J connectivity index is 1.83. The third kappa shape index (κ3) is 2.97. The highest BCUT2D eigenvalue weighted by Crippen LogP contribution is 2.43. The van der Waals surface area contributed by atoms with Crippen molar-refractivity contribution >= 4 is 27.6 Å². The minimum absolute atomic E-state index is 0.00241. The van der Waals surface area contributed by atoms with Crippen molar-refractivity contribution in [3.63, 3.8) is 0 Å². The lowest BCUT2D eigenvalue weighted by atomic mass is 10.1. The molecule has 4 heterocycles. The van der Waals surface area contributed by atoms with Crippen molar-refractivity contribution in [3.05, 3.63) is 32.6 Å². The van der Waals surface area contributed by atoms with Gasteiger partial charge in [-0.2, -0.15) is 4.52 Å². The van der Waals surface area contributed by atoms with Crippen molar-refractivity contribution < 1.29 is 9.84 Å². The molecule has 0 saturated carbocycles. The van der Waals surface area contributed by atoms with Crippen LogP contribution in [0.25, 0.3) is 4.96 Å². The van der Waals surface area contributed by atoms with Crippen LogP contribution in [0.1, 0.15) is 41.0 Å². The highest BCUT2D eigenvalue weighted by Gasteiger charge is 2.35. The lowest BCUT2D eigenvalue weighted by Crippen LogP contribution is -2.47. The molecule has 3 atom stereocenters. The van der Waals surface area contributed by atoms with Gasteiger partial charge in [-0.05, 0) is 44.7 Å². The fraction of sp³-hybridized carbons (Fsp3) is 0.529. The van der Waals surface area contributed by atoms with Gasteiger partial charge in [0.05, 0.1) is 23.1 Å². The molecular weight excluding hydrogens is 356 g/mol. The molecule has 1 aliphatic rings. The summed E-state index contributed by atoms with van der Waals surface area (Å²) in [6, 6.07) is 2.14. The van der Waals surface area contributed by atoms with Crippen molar-refractivity contribution in [1.29, 1.82) is 0 Å². The largest absolute Gasteiger partial charge is 0.492 e. The maximum atomic E-state index is 10.8. The molecule has 0 aliphatic carbocycles. The van der Waals surface area contributed by atoms with Crippen LogP contribution in [0.4, 0.5) is 0 Å². The van der Waals surface area contributed by atoms with E-state index < -0.39 is 0 Å². The average molecular weight is 379 g/mol. The summed E-state index contributed by atoms with van der Waals surface area (Å²) in [4.78, 5) is 9.74. The second-order valence-electron chi connectivity index (χ2n) is 6.72. The summed E-state index contributed by atoms with van der Waals surface area (Å²) in [6.45, 7) is 9.84. The summed E-state index contributed by atoms with van der Waals surface area (Å²) in [7, 11) is 0. The molecule has 1 aliphatic heterocycles. The Morgan fingerprint density at radius 2 is 1.96 bits per heavy atom. The van der Waals surface area contributed by atoms with Crippen molar-refractivity contribution in [2.75, 3.05) is 13.1 Å². The number of fused-ring (bicyclic) bond motifs is 1. The van der Waals surface area contributed by atoms with E-state index in [1.165, 1.54) is 21.8 Å². The van der Waals surface area contributed by atoms with Crippen LogP contribution in [0.2, 0.25) is 0 Å². The standard InChI is InChI=1S/C17H22N4O2S2/c1-9-5-6-24-14(9)13(20-7-10(2)23-11(3)8-20)15-16(22)21-17(25-15)18-12(4)19-21/h5-6,10-11,13,22H,7-8H2,1-4H3. The third-order valence-corrected chi connectivity index (χ3v) is 6.66. The van der Waals surface area contributed by atoms with Crippen LogP contribution in [0.3, 0.4) is 0 Å². The molecule has 1 fully saturated rings. The third-order valence-electron chi connectivity index (χ3n) is 4.52. The molecule has 1 saturated heterocycles. The summed E-state index contributed by atoms with van der Waals surface area (Å²) in [5.41, 5.74) is 1.25. The summed E-state index contributed by atoms with van der Waals surface area (Å²) in [5, 5.41) is 17.3. The highest BCUT2D eigenvalue weighted by atomic mass is 32.1. The van der Waals surface area contributed by atoms with Crippen LogP contribution in [0.5, 0.6) is 5.88 Å². The smallest absolute Gasteiger partial charge is 0.230 e. The van der Waals surface area contributed by atoms with Crippen LogP contribution in [-0.4, -0.2) is 49.9 Å². The van der Waals surface area contributed by atoms with Gasteiger partial charge in [-0.15, -0.1) is 16.4 Å². The zero-order valence-corrected chi connectivity index (χ0v) is 16.4. The van der Waals surface area contributed by atoms with E-state index >= 15 is 0 Å².